The Labute approximate surface area is 173 Å². The molecule has 1 heterocycles. The third-order valence-electron chi connectivity index (χ3n) is 5.43. The van der Waals surface area contributed by atoms with Crippen LogP contribution in [-0.2, 0) is 34.2 Å². The van der Waals surface area contributed by atoms with Gasteiger partial charge >= 0.3 is 0 Å². The van der Waals surface area contributed by atoms with Gasteiger partial charge in [-0.15, -0.1) is 0 Å². The molecule has 1 amide bonds. The van der Waals surface area contributed by atoms with E-state index in [4.69, 9.17) is 0 Å². The highest BCUT2D eigenvalue weighted by molar-refractivity contribution is 7.89. The average Bonchev–Trinajstić information content (AvgIpc) is 2.73. The quantitative estimate of drug-likeness (QED) is 0.727. The Hall–Kier alpha value is -2.38. The standard InChI is InChI=1S/C22H29N3O3S/c1-4-17-9-6-8-16(3)22(17)24-21(26)14-23-20-11-7-10-18-15-25(13-12-19(18)20)29(27,28)5-2/h6-11,23H,4-5,12-15H2,1-3H3,(H,24,26). The van der Waals surface area contributed by atoms with Crippen LogP contribution >= 0.6 is 0 Å². The van der Waals surface area contributed by atoms with Crippen LogP contribution in [0.25, 0.3) is 0 Å². The molecule has 0 aromatic heterocycles. The summed E-state index contributed by atoms with van der Waals surface area (Å²) in [6.07, 6.45) is 1.49. The molecule has 0 saturated heterocycles. The van der Waals surface area contributed by atoms with Gasteiger partial charge in [-0.3, -0.25) is 4.79 Å². The summed E-state index contributed by atoms with van der Waals surface area (Å²) in [5.41, 5.74) is 6.03. The smallest absolute Gasteiger partial charge is 0.243 e. The third kappa shape index (κ3) is 4.79. The molecule has 0 saturated carbocycles. The second kappa shape index (κ2) is 8.97. The number of para-hydroxylation sites is 1. The van der Waals surface area contributed by atoms with Crippen LogP contribution in [0.1, 0.15) is 36.1 Å². The lowest BCUT2D eigenvalue weighted by Crippen LogP contribution is -2.37. The lowest BCUT2D eigenvalue weighted by molar-refractivity contribution is -0.114. The minimum absolute atomic E-state index is 0.0994. The lowest BCUT2D eigenvalue weighted by atomic mass is 9.99. The van der Waals surface area contributed by atoms with Gasteiger partial charge in [0.1, 0.15) is 0 Å². The number of nitrogens with zero attached hydrogens (tertiary/aromatic N) is 1. The Kier molecular flexibility index (Phi) is 6.59. The van der Waals surface area contributed by atoms with Gasteiger partial charge in [-0.2, -0.15) is 4.31 Å². The summed E-state index contributed by atoms with van der Waals surface area (Å²) in [4.78, 5) is 12.5. The number of hydrogen-bond donors (Lipinski definition) is 2. The van der Waals surface area contributed by atoms with Crippen molar-refractivity contribution in [3.8, 4) is 0 Å². The molecule has 2 aromatic rings. The van der Waals surface area contributed by atoms with Crippen molar-refractivity contribution >= 4 is 27.3 Å². The summed E-state index contributed by atoms with van der Waals surface area (Å²) < 4.78 is 25.9. The molecule has 0 fully saturated rings. The molecular formula is C22H29N3O3S. The minimum Gasteiger partial charge on any atom is -0.376 e. The minimum atomic E-state index is -3.20. The van der Waals surface area contributed by atoms with E-state index in [1.807, 2.05) is 43.3 Å². The Morgan fingerprint density at radius 3 is 2.62 bits per heavy atom. The lowest BCUT2D eigenvalue weighted by Gasteiger charge is -2.29. The van der Waals surface area contributed by atoms with E-state index in [0.29, 0.717) is 19.5 Å². The molecule has 0 atom stereocenters. The highest BCUT2D eigenvalue weighted by Gasteiger charge is 2.26. The maximum atomic E-state index is 12.5. The van der Waals surface area contributed by atoms with Crippen LogP contribution in [0.3, 0.4) is 0 Å². The summed E-state index contributed by atoms with van der Waals surface area (Å²) in [6, 6.07) is 11.8. The summed E-state index contributed by atoms with van der Waals surface area (Å²) >= 11 is 0. The van der Waals surface area contributed by atoms with Crippen LogP contribution in [0.5, 0.6) is 0 Å². The van der Waals surface area contributed by atoms with Crippen LogP contribution in [0, 0.1) is 6.92 Å². The number of nitrogens with one attached hydrogen (secondary N) is 2. The molecule has 7 heteroatoms. The van der Waals surface area contributed by atoms with E-state index in [2.05, 4.69) is 17.6 Å². The van der Waals surface area contributed by atoms with E-state index in [-0.39, 0.29) is 18.2 Å². The highest BCUT2D eigenvalue weighted by atomic mass is 32.2. The largest absolute Gasteiger partial charge is 0.376 e. The number of hydrogen-bond acceptors (Lipinski definition) is 4. The van der Waals surface area contributed by atoms with Crippen LogP contribution in [0.2, 0.25) is 0 Å². The molecule has 3 rings (SSSR count). The molecule has 156 valence electrons. The third-order valence-corrected chi connectivity index (χ3v) is 7.26. The molecule has 6 nitrogen and oxygen atoms in total. The van der Waals surface area contributed by atoms with Gasteiger partial charge in [-0.25, -0.2) is 8.42 Å². The molecule has 2 aromatic carbocycles. The van der Waals surface area contributed by atoms with E-state index in [9.17, 15) is 13.2 Å². The SMILES string of the molecule is CCc1cccc(C)c1NC(=O)CNc1cccc2c1CCN(S(=O)(=O)CC)C2. The topological polar surface area (TPSA) is 78.5 Å². The summed E-state index contributed by atoms with van der Waals surface area (Å²) in [5.74, 6) is 0.0108. The number of amides is 1. The molecule has 2 N–H and O–H groups in total. The predicted octanol–water partition coefficient (Wildman–Crippen LogP) is 3.32. The molecule has 0 radical (unpaired) electrons. The Morgan fingerprint density at radius 2 is 1.90 bits per heavy atom. The Balaban J connectivity index is 1.69. The molecule has 29 heavy (non-hydrogen) atoms. The van der Waals surface area contributed by atoms with E-state index < -0.39 is 10.0 Å². The molecule has 1 aliphatic rings. The molecule has 0 unspecified atom stereocenters. The first-order chi connectivity index (χ1) is 13.9. The van der Waals surface area contributed by atoms with E-state index >= 15 is 0 Å². The summed E-state index contributed by atoms with van der Waals surface area (Å²) in [7, 11) is -3.20. The number of sulfonamides is 1. The van der Waals surface area contributed by atoms with Gasteiger partial charge in [0.05, 0.1) is 12.3 Å². The van der Waals surface area contributed by atoms with E-state index in [1.165, 1.54) is 4.31 Å². The van der Waals surface area contributed by atoms with Crippen molar-refractivity contribution in [3.63, 3.8) is 0 Å². The van der Waals surface area contributed by atoms with Gasteiger partial charge in [0.15, 0.2) is 0 Å². The van der Waals surface area contributed by atoms with Gasteiger partial charge in [-0.05, 0) is 55.0 Å². The normalized spacial score (nSPS) is 14.3. The van der Waals surface area contributed by atoms with Crippen LogP contribution < -0.4 is 10.6 Å². The van der Waals surface area contributed by atoms with Gasteiger partial charge in [0.2, 0.25) is 15.9 Å². The number of benzene rings is 2. The monoisotopic (exact) mass is 415 g/mol. The molecule has 0 aliphatic carbocycles. The number of aryl methyl sites for hydroxylation is 2. The van der Waals surface area contributed by atoms with Gasteiger partial charge in [0.25, 0.3) is 0 Å². The summed E-state index contributed by atoms with van der Waals surface area (Å²) in [6.45, 7) is 6.74. The number of carbonyl (C=O) groups is 1. The van der Waals surface area contributed by atoms with Crippen LogP contribution in [0.15, 0.2) is 36.4 Å². The first kappa shape index (κ1) is 21.3. The zero-order valence-corrected chi connectivity index (χ0v) is 18.1. The number of anilines is 2. The molecular weight excluding hydrogens is 386 g/mol. The second-order valence-corrected chi connectivity index (χ2v) is 9.55. The number of carbonyl (C=O) groups excluding carboxylic acids is 1. The highest BCUT2D eigenvalue weighted by Crippen LogP contribution is 2.28. The predicted molar refractivity (Wildman–Crippen MR) is 118 cm³/mol. The Morgan fingerprint density at radius 1 is 1.14 bits per heavy atom. The van der Waals surface area contributed by atoms with Crippen molar-refractivity contribution in [3.05, 3.63) is 58.7 Å². The van der Waals surface area contributed by atoms with Crippen LogP contribution in [0.4, 0.5) is 11.4 Å². The van der Waals surface area contributed by atoms with Gasteiger partial charge in [-0.1, -0.05) is 37.3 Å². The van der Waals surface area contributed by atoms with Crippen molar-refractivity contribution in [2.24, 2.45) is 0 Å². The fraction of sp³-hybridized carbons (Fsp3) is 0.409. The van der Waals surface area contributed by atoms with Crippen molar-refractivity contribution in [1.82, 2.24) is 4.31 Å². The van der Waals surface area contributed by atoms with Crippen molar-refractivity contribution < 1.29 is 13.2 Å². The zero-order chi connectivity index (χ0) is 21.0. The molecule has 1 aliphatic heterocycles. The average molecular weight is 416 g/mol. The van der Waals surface area contributed by atoms with E-state index in [0.717, 1.165) is 40.0 Å². The Bertz CT molecular complexity index is 1000. The maximum Gasteiger partial charge on any atom is 0.243 e. The van der Waals surface area contributed by atoms with Crippen molar-refractivity contribution in [2.75, 3.05) is 29.5 Å². The molecule has 0 spiro atoms. The van der Waals surface area contributed by atoms with Crippen molar-refractivity contribution in [2.45, 2.75) is 40.2 Å². The summed E-state index contributed by atoms with van der Waals surface area (Å²) in [5, 5.41) is 6.26. The first-order valence-corrected chi connectivity index (χ1v) is 11.7. The van der Waals surface area contributed by atoms with Gasteiger partial charge < -0.3 is 10.6 Å². The fourth-order valence-electron chi connectivity index (χ4n) is 3.73. The van der Waals surface area contributed by atoms with Gasteiger partial charge in [0, 0.05) is 24.5 Å². The van der Waals surface area contributed by atoms with Crippen molar-refractivity contribution in [1.29, 1.82) is 0 Å². The molecule has 0 bridgehead atoms. The van der Waals surface area contributed by atoms with E-state index in [1.54, 1.807) is 6.92 Å². The second-order valence-electron chi connectivity index (χ2n) is 7.29. The maximum absolute atomic E-state index is 12.5. The zero-order valence-electron chi connectivity index (χ0n) is 17.3. The number of fused-ring (bicyclic) bond motifs is 1. The first-order valence-electron chi connectivity index (χ1n) is 10.1. The van der Waals surface area contributed by atoms with Crippen LogP contribution in [-0.4, -0.2) is 37.5 Å². The number of rotatable bonds is 7. The fourth-order valence-corrected chi connectivity index (χ4v) is 4.80.